The van der Waals surface area contributed by atoms with E-state index in [9.17, 15) is 0 Å². The van der Waals surface area contributed by atoms with Crippen LogP contribution in [-0.2, 0) is 19.6 Å². The van der Waals surface area contributed by atoms with E-state index in [1.165, 1.54) is 4.88 Å². The fourth-order valence-electron chi connectivity index (χ4n) is 2.12. The van der Waals surface area contributed by atoms with Crippen LogP contribution in [0.1, 0.15) is 22.1 Å². The predicted molar refractivity (Wildman–Crippen MR) is 77.2 cm³/mol. The summed E-state index contributed by atoms with van der Waals surface area (Å²) in [4.78, 5) is 3.61. The molecule has 0 amide bonds. The number of furan rings is 1. The van der Waals surface area contributed by atoms with Gasteiger partial charge in [0.2, 0.25) is 0 Å². The zero-order valence-electron chi connectivity index (χ0n) is 11.3. The van der Waals surface area contributed by atoms with Gasteiger partial charge >= 0.3 is 0 Å². The molecule has 5 heteroatoms. The molecule has 4 nitrogen and oxygen atoms in total. The van der Waals surface area contributed by atoms with Crippen molar-refractivity contribution in [2.45, 2.75) is 26.6 Å². The molecule has 3 aromatic heterocycles. The van der Waals surface area contributed by atoms with Crippen LogP contribution in [0, 0.1) is 6.92 Å². The monoisotopic (exact) mass is 288 g/mol. The molecule has 0 unspecified atom stereocenters. The highest BCUT2D eigenvalue weighted by molar-refractivity contribution is 7.09. The zero-order chi connectivity index (χ0) is 13.8. The van der Waals surface area contributed by atoms with Crippen molar-refractivity contribution in [1.82, 2.24) is 10.1 Å². The molecule has 0 radical (unpaired) electrons. The van der Waals surface area contributed by atoms with Crippen molar-refractivity contribution in [2.24, 2.45) is 0 Å². The smallest absolute Gasteiger partial charge is 0.150 e. The molecule has 0 N–H and O–H groups in total. The van der Waals surface area contributed by atoms with E-state index in [4.69, 9.17) is 8.94 Å². The molecular formula is C15H16N2O2S. The molecule has 3 aromatic rings. The Hall–Kier alpha value is -1.85. The van der Waals surface area contributed by atoms with E-state index >= 15 is 0 Å². The zero-order valence-corrected chi connectivity index (χ0v) is 12.1. The Balaban J connectivity index is 1.72. The predicted octanol–water partition coefficient (Wildman–Crippen LogP) is 3.84. The Morgan fingerprint density at radius 2 is 2.05 bits per heavy atom. The van der Waals surface area contributed by atoms with Gasteiger partial charge in [-0.25, -0.2) is 0 Å². The second-order valence-electron chi connectivity index (χ2n) is 4.74. The lowest BCUT2D eigenvalue weighted by atomic mass is 10.3. The van der Waals surface area contributed by atoms with Crippen molar-refractivity contribution < 1.29 is 8.94 Å². The molecule has 3 rings (SSSR count). The normalized spacial score (nSPS) is 11.3. The van der Waals surface area contributed by atoms with Crippen LogP contribution in [0.5, 0.6) is 0 Å². The third-order valence-electron chi connectivity index (χ3n) is 2.98. The van der Waals surface area contributed by atoms with E-state index in [1.807, 2.05) is 25.1 Å². The summed E-state index contributed by atoms with van der Waals surface area (Å²) >= 11 is 1.76. The highest BCUT2D eigenvalue weighted by Gasteiger charge is 2.13. The molecule has 3 heterocycles. The molecule has 104 valence electrons. The van der Waals surface area contributed by atoms with Crippen LogP contribution in [-0.4, -0.2) is 10.1 Å². The van der Waals surface area contributed by atoms with E-state index < -0.39 is 0 Å². The maximum Gasteiger partial charge on any atom is 0.150 e. The average molecular weight is 288 g/mol. The Morgan fingerprint density at radius 1 is 1.15 bits per heavy atom. The van der Waals surface area contributed by atoms with Gasteiger partial charge in [-0.2, -0.15) is 0 Å². The van der Waals surface area contributed by atoms with E-state index in [0.717, 1.165) is 36.8 Å². The van der Waals surface area contributed by atoms with Gasteiger partial charge in [0.15, 0.2) is 5.76 Å². The number of nitrogens with zero attached hydrogens (tertiary/aromatic N) is 2. The molecule has 20 heavy (non-hydrogen) atoms. The molecule has 0 aromatic carbocycles. The summed E-state index contributed by atoms with van der Waals surface area (Å²) in [6.07, 6.45) is 1.71. The van der Waals surface area contributed by atoms with Gasteiger partial charge in [0.25, 0.3) is 0 Å². The van der Waals surface area contributed by atoms with Crippen LogP contribution in [0.15, 0.2) is 50.9 Å². The van der Waals surface area contributed by atoms with Crippen LogP contribution in [0.4, 0.5) is 0 Å². The molecule has 0 bridgehead atoms. The molecule has 0 aliphatic heterocycles. The van der Waals surface area contributed by atoms with Crippen molar-refractivity contribution in [3.8, 4) is 0 Å². The molecule has 0 fully saturated rings. The largest absolute Gasteiger partial charge is 0.468 e. The standard InChI is InChI=1S/C15H16N2O2S/c1-12-8-14(19-16-12)10-17(9-13-4-2-6-18-13)11-15-5-3-7-20-15/h2-8H,9-11H2,1H3. The maximum absolute atomic E-state index is 5.44. The SMILES string of the molecule is Cc1cc(CN(Cc2ccco2)Cc2cccs2)on1. The summed E-state index contributed by atoms with van der Waals surface area (Å²) in [6, 6.07) is 10.1. The lowest BCUT2D eigenvalue weighted by molar-refractivity contribution is 0.202. The minimum atomic E-state index is 0.722. The van der Waals surface area contributed by atoms with E-state index in [-0.39, 0.29) is 0 Å². The number of thiophene rings is 1. The molecule has 0 spiro atoms. The van der Waals surface area contributed by atoms with E-state index in [2.05, 4.69) is 27.6 Å². The molecule has 0 saturated heterocycles. The summed E-state index contributed by atoms with van der Waals surface area (Å²) in [5, 5.41) is 6.04. The first-order valence-corrected chi connectivity index (χ1v) is 7.37. The average Bonchev–Trinajstić information content (AvgIpc) is 3.13. The minimum Gasteiger partial charge on any atom is -0.468 e. The third-order valence-corrected chi connectivity index (χ3v) is 3.84. The Morgan fingerprint density at radius 3 is 2.70 bits per heavy atom. The van der Waals surface area contributed by atoms with Gasteiger partial charge in [-0.3, -0.25) is 4.90 Å². The van der Waals surface area contributed by atoms with Gasteiger partial charge in [-0.15, -0.1) is 11.3 Å². The molecule has 0 saturated carbocycles. The van der Waals surface area contributed by atoms with Gasteiger partial charge in [0.1, 0.15) is 5.76 Å². The van der Waals surface area contributed by atoms with Gasteiger partial charge in [-0.05, 0) is 30.5 Å². The van der Waals surface area contributed by atoms with Crippen LogP contribution in [0.25, 0.3) is 0 Å². The Kier molecular flexibility index (Phi) is 3.99. The first-order valence-electron chi connectivity index (χ1n) is 6.49. The van der Waals surface area contributed by atoms with Gasteiger partial charge in [-0.1, -0.05) is 11.2 Å². The van der Waals surface area contributed by atoms with Crippen molar-refractivity contribution in [1.29, 1.82) is 0 Å². The fourth-order valence-corrected chi connectivity index (χ4v) is 2.87. The summed E-state index contributed by atoms with van der Waals surface area (Å²) in [5.74, 6) is 1.84. The summed E-state index contributed by atoms with van der Waals surface area (Å²) in [5.41, 5.74) is 0.911. The van der Waals surface area contributed by atoms with Crippen molar-refractivity contribution in [2.75, 3.05) is 0 Å². The first-order chi connectivity index (χ1) is 9.79. The molecule has 0 atom stereocenters. The van der Waals surface area contributed by atoms with Crippen molar-refractivity contribution in [3.05, 3.63) is 64.1 Å². The second kappa shape index (κ2) is 6.07. The summed E-state index contributed by atoms with van der Waals surface area (Å²) in [7, 11) is 0. The highest BCUT2D eigenvalue weighted by Crippen LogP contribution is 2.17. The lowest BCUT2D eigenvalue weighted by Crippen LogP contribution is -2.21. The minimum absolute atomic E-state index is 0.722. The van der Waals surface area contributed by atoms with Crippen LogP contribution >= 0.6 is 11.3 Å². The first kappa shape index (κ1) is 13.1. The van der Waals surface area contributed by atoms with Crippen LogP contribution in [0.2, 0.25) is 0 Å². The number of aromatic nitrogens is 1. The molecule has 0 aliphatic rings. The second-order valence-corrected chi connectivity index (χ2v) is 5.77. The van der Waals surface area contributed by atoms with Crippen LogP contribution < -0.4 is 0 Å². The molecular weight excluding hydrogens is 272 g/mol. The fraction of sp³-hybridized carbons (Fsp3) is 0.267. The number of aryl methyl sites for hydroxylation is 1. The van der Waals surface area contributed by atoms with Gasteiger partial charge in [0, 0.05) is 17.5 Å². The van der Waals surface area contributed by atoms with Gasteiger partial charge < -0.3 is 8.94 Å². The summed E-state index contributed by atoms with van der Waals surface area (Å²) < 4.78 is 10.8. The van der Waals surface area contributed by atoms with Crippen molar-refractivity contribution >= 4 is 11.3 Å². The number of hydrogen-bond acceptors (Lipinski definition) is 5. The number of hydrogen-bond donors (Lipinski definition) is 0. The van der Waals surface area contributed by atoms with Crippen molar-refractivity contribution in [3.63, 3.8) is 0 Å². The topological polar surface area (TPSA) is 42.4 Å². The molecule has 0 aliphatic carbocycles. The maximum atomic E-state index is 5.44. The third kappa shape index (κ3) is 3.37. The lowest BCUT2D eigenvalue weighted by Gasteiger charge is -2.18. The Labute approximate surface area is 121 Å². The van der Waals surface area contributed by atoms with Crippen LogP contribution in [0.3, 0.4) is 0 Å². The number of rotatable bonds is 6. The highest BCUT2D eigenvalue weighted by atomic mass is 32.1. The summed E-state index contributed by atoms with van der Waals surface area (Å²) in [6.45, 7) is 4.28. The van der Waals surface area contributed by atoms with E-state index in [1.54, 1.807) is 17.6 Å². The Bertz CT molecular complexity index is 592. The quantitative estimate of drug-likeness (QED) is 0.691. The van der Waals surface area contributed by atoms with Gasteiger partial charge in [0.05, 0.1) is 25.0 Å². The van der Waals surface area contributed by atoms with E-state index in [0.29, 0.717) is 0 Å².